The first-order valence-corrected chi connectivity index (χ1v) is 6.07. The van der Waals surface area contributed by atoms with Gasteiger partial charge in [-0.15, -0.1) is 0 Å². The molecule has 0 saturated carbocycles. The fraction of sp³-hybridized carbons (Fsp3) is 0.357. The van der Waals surface area contributed by atoms with Crippen molar-refractivity contribution in [1.29, 1.82) is 0 Å². The van der Waals surface area contributed by atoms with Gasteiger partial charge in [0.05, 0.1) is 18.6 Å². The number of hydrogen-bond acceptors (Lipinski definition) is 2. The number of halogens is 4. The zero-order valence-corrected chi connectivity index (χ0v) is 10.9. The van der Waals surface area contributed by atoms with Crippen LogP contribution in [0.15, 0.2) is 18.2 Å². The van der Waals surface area contributed by atoms with E-state index in [0.29, 0.717) is 0 Å². The van der Waals surface area contributed by atoms with Crippen LogP contribution in [-0.4, -0.2) is 30.3 Å². The van der Waals surface area contributed by atoms with Gasteiger partial charge >= 0.3 is 6.18 Å². The van der Waals surface area contributed by atoms with E-state index in [2.05, 4.69) is 17.2 Å². The van der Waals surface area contributed by atoms with Gasteiger partial charge < -0.3 is 10.4 Å². The Morgan fingerprint density at radius 2 is 2.05 bits per heavy atom. The summed E-state index contributed by atoms with van der Waals surface area (Å²) in [6.45, 7) is -0.760. The third-order valence-electron chi connectivity index (χ3n) is 2.38. The highest BCUT2D eigenvalue weighted by Crippen LogP contribution is 2.18. The monoisotopic (exact) mass is 303 g/mol. The van der Waals surface area contributed by atoms with Gasteiger partial charge in [0.1, 0.15) is 5.82 Å². The molecule has 0 spiro atoms. The van der Waals surface area contributed by atoms with E-state index in [-0.39, 0.29) is 24.2 Å². The highest BCUT2D eigenvalue weighted by atomic mass is 19.4. The Balaban J connectivity index is 2.82. The zero-order chi connectivity index (χ0) is 15.9. The Labute approximate surface area is 119 Å². The second-order valence-electron chi connectivity index (χ2n) is 4.09. The SMILES string of the molecule is O=C(NCCC(F)(F)F)c1cc(F)ccc1C#CCCO. The van der Waals surface area contributed by atoms with Crippen LogP contribution in [0, 0.1) is 17.7 Å². The van der Waals surface area contributed by atoms with Crippen molar-refractivity contribution in [2.75, 3.05) is 13.2 Å². The third kappa shape index (κ3) is 6.27. The summed E-state index contributed by atoms with van der Waals surface area (Å²) in [6, 6.07) is 3.26. The average molecular weight is 303 g/mol. The van der Waals surface area contributed by atoms with E-state index >= 15 is 0 Å². The Morgan fingerprint density at radius 1 is 1.33 bits per heavy atom. The summed E-state index contributed by atoms with van der Waals surface area (Å²) in [5.74, 6) is 3.62. The van der Waals surface area contributed by atoms with Crippen molar-refractivity contribution in [3.63, 3.8) is 0 Å². The Bertz CT molecular complexity index is 558. The van der Waals surface area contributed by atoms with Gasteiger partial charge in [-0.2, -0.15) is 13.2 Å². The molecule has 21 heavy (non-hydrogen) atoms. The predicted molar refractivity (Wildman–Crippen MR) is 68.0 cm³/mol. The van der Waals surface area contributed by atoms with Crippen molar-refractivity contribution >= 4 is 5.91 Å². The molecule has 2 N–H and O–H groups in total. The normalized spacial score (nSPS) is 10.7. The van der Waals surface area contributed by atoms with Gasteiger partial charge in [-0.3, -0.25) is 4.79 Å². The molecule has 0 heterocycles. The van der Waals surface area contributed by atoms with Crippen LogP contribution in [0.3, 0.4) is 0 Å². The molecule has 1 aromatic carbocycles. The molecular formula is C14H13F4NO2. The molecule has 3 nitrogen and oxygen atoms in total. The van der Waals surface area contributed by atoms with Gasteiger partial charge in [0, 0.05) is 18.5 Å². The van der Waals surface area contributed by atoms with Crippen LogP contribution < -0.4 is 5.32 Å². The van der Waals surface area contributed by atoms with Gasteiger partial charge in [0.15, 0.2) is 0 Å². The molecule has 0 aliphatic heterocycles. The molecule has 0 radical (unpaired) electrons. The lowest BCUT2D eigenvalue weighted by Crippen LogP contribution is -2.28. The summed E-state index contributed by atoms with van der Waals surface area (Å²) in [6.07, 6.45) is -5.37. The molecule has 7 heteroatoms. The minimum Gasteiger partial charge on any atom is -0.395 e. The molecule has 0 aliphatic carbocycles. The average Bonchev–Trinajstić information content (AvgIpc) is 2.39. The number of aliphatic hydroxyl groups excluding tert-OH is 1. The molecule has 0 aromatic heterocycles. The van der Waals surface area contributed by atoms with Gasteiger partial charge in [-0.25, -0.2) is 4.39 Å². The summed E-state index contributed by atoms with van der Waals surface area (Å²) < 4.78 is 49.2. The number of carbonyl (C=O) groups is 1. The van der Waals surface area contributed by atoms with Crippen molar-refractivity contribution in [3.05, 3.63) is 35.1 Å². The van der Waals surface area contributed by atoms with E-state index in [1.54, 1.807) is 0 Å². The molecule has 0 bridgehead atoms. The largest absolute Gasteiger partial charge is 0.395 e. The van der Waals surface area contributed by atoms with Crippen LogP contribution >= 0.6 is 0 Å². The van der Waals surface area contributed by atoms with Crippen LogP contribution in [0.5, 0.6) is 0 Å². The number of carbonyl (C=O) groups excluding carboxylic acids is 1. The number of amides is 1. The molecule has 0 atom stereocenters. The Hall–Kier alpha value is -2.07. The van der Waals surface area contributed by atoms with Gasteiger partial charge in [-0.05, 0) is 18.2 Å². The maximum Gasteiger partial charge on any atom is 0.390 e. The number of rotatable bonds is 4. The summed E-state index contributed by atoms with van der Waals surface area (Å²) in [7, 11) is 0. The minimum absolute atomic E-state index is 0.136. The van der Waals surface area contributed by atoms with E-state index < -0.39 is 30.9 Å². The molecule has 1 aromatic rings. The van der Waals surface area contributed by atoms with E-state index in [0.717, 1.165) is 12.1 Å². The van der Waals surface area contributed by atoms with Crippen molar-refractivity contribution < 1.29 is 27.5 Å². The molecule has 0 saturated heterocycles. The number of hydrogen-bond donors (Lipinski definition) is 2. The van der Waals surface area contributed by atoms with Crippen molar-refractivity contribution in [3.8, 4) is 11.8 Å². The number of nitrogens with one attached hydrogen (secondary N) is 1. The van der Waals surface area contributed by atoms with Crippen LogP contribution in [0.1, 0.15) is 28.8 Å². The molecular weight excluding hydrogens is 290 g/mol. The number of alkyl halides is 3. The Morgan fingerprint density at radius 3 is 2.67 bits per heavy atom. The van der Waals surface area contributed by atoms with Crippen LogP contribution in [-0.2, 0) is 0 Å². The van der Waals surface area contributed by atoms with Gasteiger partial charge in [-0.1, -0.05) is 11.8 Å². The quantitative estimate of drug-likeness (QED) is 0.662. The standard InChI is InChI=1S/C14H13F4NO2/c15-11-5-4-10(3-1-2-8-20)12(9-11)13(21)19-7-6-14(16,17)18/h4-5,9,20H,2,6-8H2,(H,19,21). The van der Waals surface area contributed by atoms with Crippen LogP contribution in [0.25, 0.3) is 0 Å². The fourth-order valence-electron chi connectivity index (χ4n) is 1.44. The number of aliphatic hydroxyl groups is 1. The third-order valence-corrected chi connectivity index (χ3v) is 2.38. The molecule has 0 unspecified atom stereocenters. The lowest BCUT2D eigenvalue weighted by atomic mass is 10.1. The maximum atomic E-state index is 13.2. The Kier molecular flexibility index (Phi) is 6.18. The van der Waals surface area contributed by atoms with E-state index in [9.17, 15) is 22.4 Å². The van der Waals surface area contributed by atoms with Crippen molar-refractivity contribution in [2.45, 2.75) is 19.0 Å². The fourth-order valence-corrected chi connectivity index (χ4v) is 1.44. The van der Waals surface area contributed by atoms with Crippen LogP contribution in [0.2, 0.25) is 0 Å². The lowest BCUT2D eigenvalue weighted by Gasteiger charge is -2.09. The molecule has 1 rings (SSSR count). The van der Waals surface area contributed by atoms with Crippen molar-refractivity contribution in [2.24, 2.45) is 0 Å². The highest BCUT2D eigenvalue weighted by molar-refractivity contribution is 5.96. The summed E-state index contributed by atoms with van der Waals surface area (Å²) >= 11 is 0. The molecule has 1 amide bonds. The van der Waals surface area contributed by atoms with E-state index in [4.69, 9.17) is 5.11 Å². The van der Waals surface area contributed by atoms with Gasteiger partial charge in [0.2, 0.25) is 0 Å². The summed E-state index contributed by atoms with van der Waals surface area (Å²) in [5.41, 5.74) is 0.0528. The first-order valence-electron chi connectivity index (χ1n) is 6.07. The zero-order valence-electron chi connectivity index (χ0n) is 10.9. The second kappa shape index (κ2) is 7.64. The first-order chi connectivity index (χ1) is 9.83. The first kappa shape index (κ1) is 17.0. The smallest absolute Gasteiger partial charge is 0.390 e. The summed E-state index contributed by atoms with van der Waals surface area (Å²) in [4.78, 5) is 11.8. The van der Waals surface area contributed by atoms with Crippen molar-refractivity contribution in [1.82, 2.24) is 5.32 Å². The second-order valence-corrected chi connectivity index (χ2v) is 4.09. The minimum atomic E-state index is -4.38. The predicted octanol–water partition coefficient (Wildman–Crippen LogP) is 2.24. The molecule has 114 valence electrons. The van der Waals surface area contributed by atoms with Gasteiger partial charge in [0.25, 0.3) is 5.91 Å². The molecule has 0 fully saturated rings. The van der Waals surface area contributed by atoms with Crippen LogP contribution in [0.4, 0.5) is 17.6 Å². The lowest BCUT2D eigenvalue weighted by molar-refractivity contribution is -0.132. The number of benzene rings is 1. The maximum absolute atomic E-state index is 13.2. The summed E-state index contributed by atoms with van der Waals surface area (Å²) in [5, 5.41) is 10.7. The highest BCUT2D eigenvalue weighted by Gasteiger charge is 2.26. The van der Waals surface area contributed by atoms with E-state index in [1.165, 1.54) is 6.07 Å². The molecule has 0 aliphatic rings. The van der Waals surface area contributed by atoms with E-state index in [1.807, 2.05) is 0 Å². The topological polar surface area (TPSA) is 49.3 Å².